The van der Waals surface area contributed by atoms with Crippen LogP contribution in [0.15, 0.2) is 78.9 Å². The number of phenols is 1. The highest BCUT2D eigenvalue weighted by molar-refractivity contribution is 6.12. The Balaban J connectivity index is 1.90. The van der Waals surface area contributed by atoms with Crippen LogP contribution in [0.25, 0.3) is 0 Å². The predicted molar refractivity (Wildman–Crippen MR) is 94.2 cm³/mol. The molecule has 1 heterocycles. The van der Waals surface area contributed by atoms with Gasteiger partial charge in [-0.05, 0) is 30.3 Å². The Labute approximate surface area is 140 Å². The van der Waals surface area contributed by atoms with Gasteiger partial charge in [0.05, 0.1) is 5.56 Å². The summed E-state index contributed by atoms with van der Waals surface area (Å²) in [6, 6.07) is 24.0. The molecular weight excluding hydrogens is 300 g/mol. The van der Waals surface area contributed by atoms with Crippen molar-refractivity contribution in [1.82, 2.24) is 0 Å². The van der Waals surface area contributed by atoms with Crippen molar-refractivity contribution < 1.29 is 9.90 Å². The minimum Gasteiger partial charge on any atom is -0.508 e. The molecular formula is C20H16N2O2. The van der Waals surface area contributed by atoms with Crippen molar-refractivity contribution in [3.8, 4) is 5.75 Å². The highest BCUT2D eigenvalue weighted by atomic mass is 16.3. The Hall–Kier alpha value is -3.27. The molecule has 1 aliphatic heterocycles. The first kappa shape index (κ1) is 14.3. The van der Waals surface area contributed by atoms with Crippen molar-refractivity contribution in [2.75, 3.05) is 10.2 Å². The van der Waals surface area contributed by atoms with Crippen molar-refractivity contribution in [1.29, 1.82) is 0 Å². The van der Waals surface area contributed by atoms with Gasteiger partial charge in [-0.25, -0.2) is 0 Å². The number of benzene rings is 3. The third-order valence-corrected chi connectivity index (χ3v) is 4.19. The number of hydrogen-bond donors (Lipinski definition) is 2. The lowest BCUT2D eigenvalue weighted by molar-refractivity contribution is 0.0974. The quantitative estimate of drug-likeness (QED) is 0.746. The van der Waals surface area contributed by atoms with Crippen molar-refractivity contribution in [2.45, 2.75) is 6.17 Å². The van der Waals surface area contributed by atoms with E-state index in [2.05, 4.69) is 5.32 Å². The molecule has 0 saturated heterocycles. The number of rotatable bonds is 2. The summed E-state index contributed by atoms with van der Waals surface area (Å²) in [6.45, 7) is 0. The Morgan fingerprint density at radius 2 is 1.50 bits per heavy atom. The average molecular weight is 316 g/mol. The van der Waals surface area contributed by atoms with Crippen molar-refractivity contribution in [2.24, 2.45) is 0 Å². The summed E-state index contributed by atoms with van der Waals surface area (Å²) in [5.41, 5.74) is 2.82. The number of carbonyl (C=O) groups excluding carboxylic acids is 1. The minimum absolute atomic E-state index is 0.0937. The molecule has 24 heavy (non-hydrogen) atoms. The number of fused-ring (bicyclic) bond motifs is 1. The molecule has 2 N–H and O–H groups in total. The molecule has 0 aliphatic carbocycles. The maximum atomic E-state index is 13.1. The van der Waals surface area contributed by atoms with Crippen LogP contribution in [0.5, 0.6) is 5.75 Å². The van der Waals surface area contributed by atoms with Crippen LogP contribution in [0.3, 0.4) is 0 Å². The molecule has 118 valence electrons. The van der Waals surface area contributed by atoms with E-state index in [9.17, 15) is 9.90 Å². The van der Waals surface area contributed by atoms with Crippen LogP contribution < -0.4 is 10.2 Å². The van der Waals surface area contributed by atoms with E-state index >= 15 is 0 Å². The van der Waals surface area contributed by atoms with Gasteiger partial charge in [-0.3, -0.25) is 9.69 Å². The fourth-order valence-electron chi connectivity index (χ4n) is 3.04. The van der Waals surface area contributed by atoms with Gasteiger partial charge in [-0.15, -0.1) is 0 Å². The van der Waals surface area contributed by atoms with Crippen LogP contribution in [0.4, 0.5) is 11.4 Å². The van der Waals surface area contributed by atoms with Crippen LogP contribution >= 0.6 is 0 Å². The number of nitrogens with zero attached hydrogens (tertiary/aromatic N) is 1. The van der Waals surface area contributed by atoms with E-state index in [-0.39, 0.29) is 11.7 Å². The maximum absolute atomic E-state index is 13.1. The van der Waals surface area contributed by atoms with Crippen LogP contribution in [-0.2, 0) is 0 Å². The fraction of sp³-hybridized carbons (Fsp3) is 0.0500. The predicted octanol–water partition coefficient (Wildman–Crippen LogP) is 4.16. The fourth-order valence-corrected chi connectivity index (χ4v) is 3.04. The highest BCUT2D eigenvalue weighted by Gasteiger charge is 2.34. The summed E-state index contributed by atoms with van der Waals surface area (Å²) in [6.07, 6.45) is -0.476. The number of nitrogens with one attached hydrogen (secondary N) is 1. The van der Waals surface area contributed by atoms with E-state index in [1.165, 1.54) is 0 Å². The van der Waals surface area contributed by atoms with E-state index < -0.39 is 6.17 Å². The number of carbonyl (C=O) groups is 1. The van der Waals surface area contributed by atoms with E-state index in [1.54, 1.807) is 17.0 Å². The smallest absolute Gasteiger partial charge is 0.262 e. The molecule has 0 aromatic heterocycles. The first-order chi connectivity index (χ1) is 11.8. The van der Waals surface area contributed by atoms with Crippen molar-refractivity contribution in [3.63, 3.8) is 0 Å². The summed E-state index contributed by atoms with van der Waals surface area (Å²) in [5, 5.41) is 13.7. The van der Waals surface area contributed by atoms with Gasteiger partial charge in [-0.2, -0.15) is 0 Å². The third kappa shape index (κ3) is 2.29. The van der Waals surface area contributed by atoms with Crippen LogP contribution in [0.2, 0.25) is 0 Å². The Bertz CT molecular complexity index is 893. The number of aromatic hydroxyl groups is 1. The second kappa shape index (κ2) is 5.74. The van der Waals surface area contributed by atoms with Gasteiger partial charge in [0.1, 0.15) is 11.9 Å². The summed E-state index contributed by atoms with van der Waals surface area (Å²) >= 11 is 0. The SMILES string of the molecule is O=C1c2ccccc2NC(c2ccccc2O)N1c1ccccc1. The molecule has 1 unspecified atom stereocenters. The number of amides is 1. The summed E-state index contributed by atoms with van der Waals surface area (Å²) in [5.74, 6) is 0.0620. The third-order valence-electron chi connectivity index (χ3n) is 4.19. The summed E-state index contributed by atoms with van der Waals surface area (Å²) in [7, 11) is 0. The molecule has 1 aliphatic rings. The van der Waals surface area contributed by atoms with Crippen molar-refractivity contribution in [3.05, 3.63) is 90.0 Å². The highest BCUT2D eigenvalue weighted by Crippen LogP contribution is 2.38. The van der Waals surface area contributed by atoms with Crippen molar-refractivity contribution >= 4 is 17.3 Å². The maximum Gasteiger partial charge on any atom is 0.262 e. The molecule has 4 nitrogen and oxygen atoms in total. The summed E-state index contributed by atoms with van der Waals surface area (Å²) < 4.78 is 0. The zero-order valence-corrected chi connectivity index (χ0v) is 12.9. The van der Waals surface area contributed by atoms with Crippen LogP contribution in [0.1, 0.15) is 22.1 Å². The first-order valence-corrected chi connectivity index (χ1v) is 7.78. The molecule has 1 atom stereocenters. The lowest BCUT2D eigenvalue weighted by Crippen LogP contribution is -2.43. The monoisotopic (exact) mass is 316 g/mol. The Morgan fingerprint density at radius 1 is 0.833 bits per heavy atom. The normalized spacial score (nSPS) is 16.4. The molecule has 1 amide bonds. The molecule has 0 fully saturated rings. The molecule has 3 aromatic carbocycles. The van der Waals surface area contributed by atoms with E-state index in [0.29, 0.717) is 11.1 Å². The zero-order valence-electron chi connectivity index (χ0n) is 12.9. The molecule has 0 bridgehead atoms. The van der Waals surface area contributed by atoms with Gasteiger partial charge in [0.2, 0.25) is 0 Å². The molecule has 4 heteroatoms. The van der Waals surface area contributed by atoms with Crippen LogP contribution in [-0.4, -0.2) is 11.0 Å². The van der Waals surface area contributed by atoms with Gasteiger partial charge in [0.15, 0.2) is 0 Å². The second-order valence-corrected chi connectivity index (χ2v) is 5.66. The lowest BCUT2D eigenvalue weighted by Gasteiger charge is -2.38. The summed E-state index contributed by atoms with van der Waals surface area (Å²) in [4.78, 5) is 14.8. The number of phenolic OH excluding ortho intramolecular Hbond substituents is 1. The molecule has 0 radical (unpaired) electrons. The molecule has 4 rings (SSSR count). The van der Waals surface area contributed by atoms with E-state index in [0.717, 1.165) is 11.4 Å². The topological polar surface area (TPSA) is 52.6 Å². The van der Waals surface area contributed by atoms with Gasteiger partial charge >= 0.3 is 0 Å². The van der Waals surface area contributed by atoms with Gasteiger partial charge in [0, 0.05) is 16.9 Å². The number of para-hydroxylation sites is 3. The lowest BCUT2D eigenvalue weighted by atomic mass is 10.0. The molecule has 0 saturated carbocycles. The largest absolute Gasteiger partial charge is 0.508 e. The average Bonchev–Trinajstić information content (AvgIpc) is 2.63. The van der Waals surface area contributed by atoms with Gasteiger partial charge in [-0.1, -0.05) is 48.5 Å². The Kier molecular flexibility index (Phi) is 3.43. The standard InChI is InChI=1S/C20H16N2O2/c23-18-13-7-5-11-16(18)19-21-17-12-6-4-10-15(17)20(24)22(19)14-8-2-1-3-9-14/h1-13,19,21,23H. The molecule has 3 aromatic rings. The number of anilines is 2. The van der Waals surface area contributed by atoms with E-state index in [1.807, 2.05) is 66.7 Å². The number of hydrogen-bond acceptors (Lipinski definition) is 3. The van der Waals surface area contributed by atoms with Gasteiger partial charge in [0.25, 0.3) is 5.91 Å². The van der Waals surface area contributed by atoms with Crippen LogP contribution in [0, 0.1) is 0 Å². The van der Waals surface area contributed by atoms with E-state index in [4.69, 9.17) is 0 Å². The molecule has 0 spiro atoms. The zero-order chi connectivity index (χ0) is 16.5. The minimum atomic E-state index is -0.476. The first-order valence-electron chi connectivity index (χ1n) is 7.78. The second-order valence-electron chi connectivity index (χ2n) is 5.66. The Morgan fingerprint density at radius 3 is 2.29 bits per heavy atom. The van der Waals surface area contributed by atoms with Gasteiger partial charge < -0.3 is 10.4 Å².